The molecule has 4 N–H and O–H groups in total. The zero-order valence-corrected chi connectivity index (χ0v) is 11.4. The van der Waals surface area contributed by atoms with Gasteiger partial charge in [0.1, 0.15) is 18.0 Å². The fraction of sp³-hybridized carbons (Fsp3) is 0.667. The van der Waals surface area contributed by atoms with Gasteiger partial charge in [-0.25, -0.2) is 9.97 Å². The van der Waals surface area contributed by atoms with Crippen molar-refractivity contribution in [2.24, 2.45) is 5.73 Å². The van der Waals surface area contributed by atoms with Crippen LogP contribution in [0, 0.1) is 0 Å². The van der Waals surface area contributed by atoms with Crippen LogP contribution in [0.5, 0.6) is 0 Å². The molecule has 18 heavy (non-hydrogen) atoms. The highest BCUT2D eigenvalue weighted by Gasteiger charge is 2.09. The number of aromatic nitrogens is 2. The van der Waals surface area contributed by atoms with E-state index in [-0.39, 0.29) is 5.54 Å². The summed E-state index contributed by atoms with van der Waals surface area (Å²) in [5.41, 5.74) is 5.74. The second-order valence-corrected chi connectivity index (χ2v) is 4.87. The first-order valence-corrected chi connectivity index (χ1v) is 6.09. The van der Waals surface area contributed by atoms with Crippen LogP contribution in [0.4, 0.5) is 11.6 Å². The summed E-state index contributed by atoms with van der Waals surface area (Å²) in [6.07, 6.45) is 2.41. The highest BCUT2D eigenvalue weighted by molar-refractivity contribution is 5.46. The monoisotopic (exact) mass is 253 g/mol. The molecular weight excluding hydrogens is 230 g/mol. The van der Waals surface area contributed by atoms with E-state index in [4.69, 9.17) is 10.5 Å². The van der Waals surface area contributed by atoms with Crippen LogP contribution in [-0.2, 0) is 4.74 Å². The molecule has 102 valence electrons. The molecule has 0 aliphatic carbocycles. The van der Waals surface area contributed by atoms with E-state index in [2.05, 4.69) is 20.6 Å². The minimum Gasteiger partial charge on any atom is -0.383 e. The number of nitrogens with zero attached hydrogens (tertiary/aromatic N) is 2. The van der Waals surface area contributed by atoms with Crippen molar-refractivity contribution >= 4 is 11.6 Å². The molecule has 0 saturated heterocycles. The average molecular weight is 253 g/mol. The molecule has 0 aliphatic rings. The van der Waals surface area contributed by atoms with Crippen LogP contribution < -0.4 is 16.4 Å². The van der Waals surface area contributed by atoms with Gasteiger partial charge in [0, 0.05) is 31.8 Å². The number of nitrogens with two attached hydrogens (primary N) is 1. The van der Waals surface area contributed by atoms with E-state index < -0.39 is 0 Å². The molecule has 1 aromatic heterocycles. The van der Waals surface area contributed by atoms with Crippen molar-refractivity contribution in [1.82, 2.24) is 9.97 Å². The summed E-state index contributed by atoms with van der Waals surface area (Å²) >= 11 is 0. The molecule has 6 nitrogen and oxygen atoms in total. The lowest BCUT2D eigenvalue weighted by Gasteiger charge is -2.18. The number of hydrogen-bond acceptors (Lipinski definition) is 6. The maximum atomic E-state index is 5.91. The Morgan fingerprint density at radius 1 is 1.22 bits per heavy atom. The van der Waals surface area contributed by atoms with E-state index >= 15 is 0 Å². The largest absolute Gasteiger partial charge is 0.383 e. The van der Waals surface area contributed by atoms with Crippen molar-refractivity contribution in [2.45, 2.75) is 25.8 Å². The van der Waals surface area contributed by atoms with Crippen molar-refractivity contribution in [3.63, 3.8) is 0 Å². The van der Waals surface area contributed by atoms with E-state index in [9.17, 15) is 0 Å². The van der Waals surface area contributed by atoms with Crippen molar-refractivity contribution in [3.05, 3.63) is 12.4 Å². The van der Waals surface area contributed by atoms with Crippen LogP contribution >= 0.6 is 0 Å². The first kappa shape index (κ1) is 14.7. The third-order valence-corrected chi connectivity index (χ3v) is 2.35. The summed E-state index contributed by atoms with van der Waals surface area (Å²) in [5.74, 6) is 1.59. The third-order valence-electron chi connectivity index (χ3n) is 2.35. The molecule has 0 saturated carbocycles. The SMILES string of the molecule is COCCNc1cc(NCCC(C)(C)N)ncn1. The Kier molecular flexibility index (Phi) is 5.80. The molecule has 1 heterocycles. The van der Waals surface area contributed by atoms with Crippen molar-refractivity contribution in [2.75, 3.05) is 37.4 Å². The van der Waals surface area contributed by atoms with Gasteiger partial charge in [-0.3, -0.25) is 0 Å². The van der Waals surface area contributed by atoms with Crippen LogP contribution in [0.2, 0.25) is 0 Å². The molecule has 0 atom stereocenters. The van der Waals surface area contributed by atoms with Gasteiger partial charge in [0.05, 0.1) is 6.61 Å². The summed E-state index contributed by atoms with van der Waals surface area (Å²) < 4.78 is 4.96. The van der Waals surface area contributed by atoms with Gasteiger partial charge in [0.2, 0.25) is 0 Å². The lowest BCUT2D eigenvalue weighted by molar-refractivity contribution is 0.210. The molecule has 0 fully saturated rings. The van der Waals surface area contributed by atoms with Crippen LogP contribution in [0.15, 0.2) is 12.4 Å². The molecule has 1 rings (SSSR count). The molecular formula is C12H23N5O. The number of rotatable bonds is 8. The number of hydrogen-bond donors (Lipinski definition) is 3. The Balaban J connectivity index is 2.39. The van der Waals surface area contributed by atoms with Gasteiger partial charge in [-0.05, 0) is 20.3 Å². The standard InChI is InChI=1S/C12H23N5O/c1-12(2,13)4-5-14-10-8-11(17-9-16-10)15-6-7-18-3/h8-9H,4-7,13H2,1-3H3,(H2,14,15,16,17). The third kappa shape index (κ3) is 6.36. The van der Waals surface area contributed by atoms with E-state index in [1.54, 1.807) is 7.11 Å². The summed E-state index contributed by atoms with van der Waals surface area (Å²) in [7, 11) is 1.67. The molecule has 0 unspecified atom stereocenters. The summed E-state index contributed by atoms with van der Waals surface area (Å²) in [6.45, 7) is 6.17. The van der Waals surface area contributed by atoms with E-state index in [0.29, 0.717) is 6.61 Å². The van der Waals surface area contributed by atoms with Crippen LogP contribution in [0.3, 0.4) is 0 Å². The number of nitrogens with one attached hydrogen (secondary N) is 2. The summed E-state index contributed by atoms with van der Waals surface area (Å²) in [5, 5.41) is 6.38. The van der Waals surface area contributed by atoms with Gasteiger partial charge in [-0.2, -0.15) is 0 Å². The zero-order chi connectivity index (χ0) is 13.4. The molecule has 0 amide bonds. The maximum absolute atomic E-state index is 5.91. The fourth-order valence-electron chi connectivity index (χ4n) is 1.34. The molecule has 0 aromatic carbocycles. The first-order valence-electron chi connectivity index (χ1n) is 6.09. The Labute approximate surface area is 108 Å². The molecule has 1 aromatic rings. The smallest absolute Gasteiger partial charge is 0.131 e. The molecule has 0 aliphatic heterocycles. The second kappa shape index (κ2) is 7.13. The van der Waals surface area contributed by atoms with Crippen LogP contribution in [-0.4, -0.2) is 42.3 Å². The quantitative estimate of drug-likeness (QED) is 0.601. The normalized spacial score (nSPS) is 11.3. The molecule has 0 bridgehead atoms. The Morgan fingerprint density at radius 3 is 2.39 bits per heavy atom. The first-order chi connectivity index (χ1) is 8.51. The summed E-state index contributed by atoms with van der Waals surface area (Å²) in [4.78, 5) is 8.28. The fourth-order valence-corrected chi connectivity index (χ4v) is 1.34. The van der Waals surface area contributed by atoms with Gasteiger partial charge in [0.15, 0.2) is 0 Å². The van der Waals surface area contributed by atoms with Gasteiger partial charge in [-0.1, -0.05) is 0 Å². The number of ether oxygens (including phenoxy) is 1. The summed E-state index contributed by atoms with van der Waals surface area (Å²) in [6, 6.07) is 1.87. The van der Waals surface area contributed by atoms with E-state index in [0.717, 1.165) is 31.1 Å². The predicted octanol–water partition coefficient (Wildman–Crippen LogP) is 1.07. The van der Waals surface area contributed by atoms with Gasteiger partial charge in [-0.15, -0.1) is 0 Å². The van der Waals surface area contributed by atoms with Gasteiger partial charge >= 0.3 is 0 Å². The number of methoxy groups -OCH3 is 1. The minimum atomic E-state index is -0.167. The Hall–Kier alpha value is -1.40. The minimum absolute atomic E-state index is 0.167. The van der Waals surface area contributed by atoms with Gasteiger partial charge in [0.25, 0.3) is 0 Å². The van der Waals surface area contributed by atoms with Crippen LogP contribution in [0.1, 0.15) is 20.3 Å². The van der Waals surface area contributed by atoms with Crippen LogP contribution in [0.25, 0.3) is 0 Å². The van der Waals surface area contributed by atoms with E-state index in [1.807, 2.05) is 19.9 Å². The average Bonchev–Trinajstić information content (AvgIpc) is 2.28. The van der Waals surface area contributed by atoms with Crippen molar-refractivity contribution < 1.29 is 4.74 Å². The zero-order valence-electron chi connectivity index (χ0n) is 11.4. The molecule has 6 heteroatoms. The second-order valence-electron chi connectivity index (χ2n) is 4.87. The predicted molar refractivity (Wildman–Crippen MR) is 73.8 cm³/mol. The van der Waals surface area contributed by atoms with Crippen molar-refractivity contribution in [1.29, 1.82) is 0 Å². The Morgan fingerprint density at radius 2 is 1.83 bits per heavy atom. The molecule has 0 radical (unpaired) electrons. The molecule has 0 spiro atoms. The highest BCUT2D eigenvalue weighted by Crippen LogP contribution is 2.09. The van der Waals surface area contributed by atoms with Gasteiger partial charge < -0.3 is 21.1 Å². The topological polar surface area (TPSA) is 85.1 Å². The van der Waals surface area contributed by atoms with E-state index in [1.165, 1.54) is 6.33 Å². The maximum Gasteiger partial charge on any atom is 0.131 e. The van der Waals surface area contributed by atoms with Crippen molar-refractivity contribution in [3.8, 4) is 0 Å². The lowest BCUT2D eigenvalue weighted by Crippen LogP contribution is -2.34. The highest BCUT2D eigenvalue weighted by atomic mass is 16.5. The Bertz CT molecular complexity index is 351. The lowest BCUT2D eigenvalue weighted by atomic mass is 10.0. The number of anilines is 2.